The van der Waals surface area contributed by atoms with E-state index in [9.17, 15) is 19.1 Å². The van der Waals surface area contributed by atoms with Crippen LogP contribution in [0, 0.1) is 5.92 Å². The monoisotopic (exact) mass is 274 g/mol. The van der Waals surface area contributed by atoms with Crippen molar-refractivity contribution < 1.29 is 19.0 Å². The van der Waals surface area contributed by atoms with Crippen LogP contribution in [0.2, 0.25) is 0 Å². The summed E-state index contributed by atoms with van der Waals surface area (Å²) in [6.45, 7) is 0.973. The molecular formula is C11H15FN2O5. The molecule has 1 aliphatic heterocycles. The van der Waals surface area contributed by atoms with Gasteiger partial charge in [-0.15, -0.1) is 0 Å². The molecular weight excluding hydrogens is 259 g/mol. The van der Waals surface area contributed by atoms with Crippen molar-refractivity contribution in [3.8, 4) is 0 Å². The Labute approximate surface area is 107 Å². The van der Waals surface area contributed by atoms with Crippen LogP contribution in [0.5, 0.6) is 0 Å². The summed E-state index contributed by atoms with van der Waals surface area (Å²) < 4.78 is 25.6. The second-order valence-corrected chi connectivity index (χ2v) is 4.43. The van der Waals surface area contributed by atoms with Crippen LogP contribution in [0.3, 0.4) is 0 Å². The predicted molar refractivity (Wildman–Crippen MR) is 62.3 cm³/mol. The molecule has 0 saturated carbocycles. The molecule has 2 heterocycles. The minimum Gasteiger partial charge on any atom is -0.391 e. The maximum atomic E-state index is 14.2. The van der Waals surface area contributed by atoms with Gasteiger partial charge in [0.25, 0.3) is 5.56 Å². The van der Waals surface area contributed by atoms with E-state index in [0.717, 1.165) is 16.8 Å². The highest BCUT2D eigenvalue weighted by Gasteiger charge is 2.54. The molecule has 4 atom stereocenters. The van der Waals surface area contributed by atoms with Crippen LogP contribution in [-0.2, 0) is 9.47 Å². The third-order valence-electron chi connectivity index (χ3n) is 3.46. The summed E-state index contributed by atoms with van der Waals surface area (Å²) in [5.74, 6) is -2.27. The minimum absolute atomic E-state index is 0.542. The number of hydrogen-bond acceptors (Lipinski definition) is 5. The zero-order valence-electron chi connectivity index (χ0n) is 10.5. The Balaban J connectivity index is 2.42. The highest BCUT2D eigenvalue weighted by atomic mass is 19.1. The number of hydrogen-bond donors (Lipinski definition) is 2. The van der Waals surface area contributed by atoms with Crippen molar-refractivity contribution in [1.29, 1.82) is 0 Å². The lowest BCUT2D eigenvalue weighted by Gasteiger charge is -2.28. The molecule has 7 nitrogen and oxygen atoms in total. The molecule has 19 heavy (non-hydrogen) atoms. The molecule has 1 aromatic rings. The first-order valence-corrected chi connectivity index (χ1v) is 5.74. The molecule has 0 amide bonds. The number of rotatable bonds is 3. The Morgan fingerprint density at radius 2 is 2.32 bits per heavy atom. The summed E-state index contributed by atoms with van der Waals surface area (Å²) in [5.41, 5.74) is -1.36. The van der Waals surface area contributed by atoms with E-state index < -0.39 is 42.0 Å². The number of aliphatic hydroxyl groups excluding tert-OH is 1. The van der Waals surface area contributed by atoms with Crippen molar-refractivity contribution in [2.45, 2.75) is 25.1 Å². The Morgan fingerprint density at radius 3 is 2.79 bits per heavy atom. The Morgan fingerprint density at radius 1 is 1.63 bits per heavy atom. The first-order valence-electron chi connectivity index (χ1n) is 5.74. The lowest BCUT2D eigenvalue weighted by Crippen LogP contribution is -2.41. The van der Waals surface area contributed by atoms with Crippen molar-refractivity contribution in [1.82, 2.24) is 9.55 Å². The van der Waals surface area contributed by atoms with Gasteiger partial charge in [0.05, 0.1) is 6.61 Å². The van der Waals surface area contributed by atoms with Crippen molar-refractivity contribution in [2.24, 2.45) is 5.92 Å². The molecule has 1 aliphatic rings. The maximum absolute atomic E-state index is 14.2. The smallest absolute Gasteiger partial charge is 0.330 e. The number of halogens is 1. The third-order valence-corrected chi connectivity index (χ3v) is 3.46. The van der Waals surface area contributed by atoms with E-state index in [-0.39, 0.29) is 0 Å². The fraction of sp³-hybridized carbons (Fsp3) is 0.636. The summed E-state index contributed by atoms with van der Waals surface area (Å²) in [7, 11) is 1.29. The van der Waals surface area contributed by atoms with Crippen LogP contribution < -0.4 is 11.2 Å². The standard InChI is InChI=1S/C11H15FN2O5/c1-6-8(12)9(19-11(6,5-15)18-2)14-4-3-7(16)13-10(14)17/h3-4,6,8-9,15H,5H2,1-2H3,(H,13,16,17)/t6?,8-,9+,11-/m0/s1. The van der Waals surface area contributed by atoms with Crippen LogP contribution in [-0.4, -0.2) is 40.3 Å². The van der Waals surface area contributed by atoms with Crippen LogP contribution in [0.15, 0.2) is 21.9 Å². The van der Waals surface area contributed by atoms with Crippen molar-refractivity contribution >= 4 is 0 Å². The first kappa shape index (κ1) is 13.9. The summed E-state index contributed by atoms with van der Waals surface area (Å²) in [6.07, 6.45) is -1.67. The van der Waals surface area contributed by atoms with E-state index in [1.54, 1.807) is 0 Å². The molecule has 1 fully saturated rings. The van der Waals surface area contributed by atoms with E-state index >= 15 is 0 Å². The van der Waals surface area contributed by atoms with Gasteiger partial charge in [-0.25, -0.2) is 9.18 Å². The summed E-state index contributed by atoms with van der Waals surface area (Å²) >= 11 is 0. The average Bonchev–Trinajstić information content (AvgIpc) is 2.64. The summed E-state index contributed by atoms with van der Waals surface area (Å²) in [4.78, 5) is 24.6. The van der Waals surface area contributed by atoms with Gasteiger partial charge >= 0.3 is 5.69 Å². The average molecular weight is 274 g/mol. The van der Waals surface area contributed by atoms with Crippen LogP contribution in [0.1, 0.15) is 13.2 Å². The van der Waals surface area contributed by atoms with Gasteiger partial charge in [0.15, 0.2) is 18.2 Å². The molecule has 1 unspecified atom stereocenters. The predicted octanol–water partition coefficient (Wildman–Crippen LogP) is -0.625. The van der Waals surface area contributed by atoms with Crippen LogP contribution >= 0.6 is 0 Å². The van der Waals surface area contributed by atoms with Gasteiger partial charge in [0, 0.05) is 25.3 Å². The number of aromatic amines is 1. The van der Waals surface area contributed by atoms with E-state index in [0.29, 0.717) is 0 Å². The molecule has 106 valence electrons. The van der Waals surface area contributed by atoms with Gasteiger partial charge in [0.2, 0.25) is 0 Å². The number of methoxy groups -OCH3 is 1. The Kier molecular flexibility index (Phi) is 3.57. The molecule has 2 rings (SSSR count). The lowest BCUT2D eigenvalue weighted by atomic mass is 9.98. The fourth-order valence-corrected chi connectivity index (χ4v) is 2.18. The molecule has 1 aromatic heterocycles. The highest BCUT2D eigenvalue weighted by Crippen LogP contribution is 2.42. The minimum atomic E-state index is -1.56. The third kappa shape index (κ3) is 2.11. The molecule has 2 N–H and O–H groups in total. The van der Waals surface area contributed by atoms with Crippen LogP contribution in [0.4, 0.5) is 4.39 Å². The fourth-order valence-electron chi connectivity index (χ4n) is 2.18. The topological polar surface area (TPSA) is 93.5 Å². The van der Waals surface area contributed by atoms with Crippen molar-refractivity contribution in [2.75, 3.05) is 13.7 Å². The number of alkyl halides is 1. The number of aliphatic hydroxyl groups is 1. The molecule has 0 radical (unpaired) electrons. The number of nitrogens with one attached hydrogen (secondary N) is 1. The zero-order valence-corrected chi connectivity index (χ0v) is 10.5. The van der Waals surface area contributed by atoms with E-state index in [1.165, 1.54) is 14.0 Å². The molecule has 0 aliphatic carbocycles. The van der Waals surface area contributed by atoms with E-state index in [4.69, 9.17) is 9.47 Å². The van der Waals surface area contributed by atoms with Gasteiger partial charge < -0.3 is 14.6 Å². The normalized spacial score (nSPS) is 34.6. The van der Waals surface area contributed by atoms with Gasteiger partial charge in [-0.2, -0.15) is 0 Å². The number of H-pyrrole nitrogens is 1. The molecule has 0 spiro atoms. The summed E-state index contributed by atoms with van der Waals surface area (Å²) in [5, 5.41) is 9.32. The lowest BCUT2D eigenvalue weighted by molar-refractivity contribution is -0.257. The van der Waals surface area contributed by atoms with Gasteiger partial charge in [-0.05, 0) is 0 Å². The number of nitrogens with zero attached hydrogens (tertiary/aromatic N) is 1. The van der Waals surface area contributed by atoms with Gasteiger partial charge in [0.1, 0.15) is 0 Å². The first-order chi connectivity index (χ1) is 8.95. The zero-order chi connectivity index (χ0) is 14.2. The van der Waals surface area contributed by atoms with Crippen molar-refractivity contribution in [3.63, 3.8) is 0 Å². The van der Waals surface area contributed by atoms with E-state index in [2.05, 4.69) is 0 Å². The SMILES string of the molecule is CO[C@@]1(CO)O[C@@H](n2ccc(=O)[nH]c2=O)[C@@H](F)C1C. The summed E-state index contributed by atoms with van der Waals surface area (Å²) in [6, 6.07) is 1.09. The van der Waals surface area contributed by atoms with Gasteiger partial charge in [-0.1, -0.05) is 6.92 Å². The molecule has 0 bridgehead atoms. The number of aromatic nitrogens is 2. The quantitative estimate of drug-likeness (QED) is 0.765. The Hall–Kier alpha value is -1.51. The highest BCUT2D eigenvalue weighted by molar-refractivity contribution is 4.95. The maximum Gasteiger partial charge on any atom is 0.330 e. The molecule has 8 heteroatoms. The number of ether oxygens (including phenoxy) is 2. The largest absolute Gasteiger partial charge is 0.391 e. The second-order valence-electron chi connectivity index (χ2n) is 4.43. The van der Waals surface area contributed by atoms with E-state index in [1.807, 2.05) is 4.98 Å². The molecule has 0 aromatic carbocycles. The Bertz CT molecular complexity index is 565. The van der Waals surface area contributed by atoms with Gasteiger partial charge in [-0.3, -0.25) is 14.3 Å². The van der Waals surface area contributed by atoms with Crippen LogP contribution in [0.25, 0.3) is 0 Å². The second kappa shape index (κ2) is 4.87. The van der Waals surface area contributed by atoms with Crippen molar-refractivity contribution in [3.05, 3.63) is 33.1 Å². The molecule has 1 saturated heterocycles.